The Morgan fingerprint density at radius 3 is 2.55 bits per heavy atom. The lowest BCUT2D eigenvalue weighted by Gasteiger charge is -2.11. The van der Waals surface area contributed by atoms with Gasteiger partial charge in [0.15, 0.2) is 0 Å². The van der Waals surface area contributed by atoms with E-state index < -0.39 is 12.0 Å². The molecule has 3 nitrogen and oxygen atoms in total. The van der Waals surface area contributed by atoms with Crippen LogP contribution in [-0.4, -0.2) is 9.97 Å². The molecule has 0 saturated heterocycles. The van der Waals surface area contributed by atoms with E-state index in [1.54, 1.807) is 0 Å². The first-order valence-corrected chi connectivity index (χ1v) is 6.14. The maximum absolute atomic E-state index is 12.6. The molecular formula is C13H11ClF3N3. The van der Waals surface area contributed by atoms with Crippen LogP contribution in [-0.2, 0) is 12.7 Å². The van der Waals surface area contributed by atoms with Crippen molar-refractivity contribution in [2.75, 3.05) is 5.32 Å². The summed E-state index contributed by atoms with van der Waals surface area (Å²) in [6.07, 6.45) is -4.62. The number of anilines is 1. The molecule has 0 fully saturated rings. The summed E-state index contributed by atoms with van der Waals surface area (Å²) < 4.78 is 37.7. The van der Waals surface area contributed by atoms with Gasteiger partial charge in [-0.1, -0.05) is 35.9 Å². The Morgan fingerprint density at radius 2 is 1.90 bits per heavy atom. The van der Waals surface area contributed by atoms with Crippen molar-refractivity contribution >= 4 is 17.4 Å². The number of nitrogens with zero attached hydrogens (tertiary/aromatic N) is 2. The van der Waals surface area contributed by atoms with Gasteiger partial charge in [0.1, 0.15) is 11.0 Å². The van der Waals surface area contributed by atoms with Gasteiger partial charge in [0.2, 0.25) is 5.82 Å². The molecule has 0 unspecified atom stereocenters. The molecule has 1 N–H and O–H groups in total. The third-order valence-electron chi connectivity index (χ3n) is 2.67. The average Bonchev–Trinajstić information content (AvgIpc) is 2.36. The molecule has 0 radical (unpaired) electrons. The number of hydrogen-bond acceptors (Lipinski definition) is 3. The summed E-state index contributed by atoms with van der Waals surface area (Å²) in [7, 11) is 0. The zero-order chi connectivity index (χ0) is 14.8. The highest BCUT2D eigenvalue weighted by Crippen LogP contribution is 2.28. The average molecular weight is 302 g/mol. The van der Waals surface area contributed by atoms with Crippen LogP contribution < -0.4 is 5.32 Å². The Kier molecular flexibility index (Phi) is 4.13. The monoisotopic (exact) mass is 301 g/mol. The van der Waals surface area contributed by atoms with Crippen LogP contribution in [0, 0.1) is 6.92 Å². The van der Waals surface area contributed by atoms with Gasteiger partial charge in [0.25, 0.3) is 0 Å². The molecule has 7 heteroatoms. The van der Waals surface area contributed by atoms with Crippen molar-refractivity contribution in [1.29, 1.82) is 0 Å². The topological polar surface area (TPSA) is 37.8 Å². The SMILES string of the molecule is Cc1ccccc1CNc1cc(Cl)nc(C(F)(F)F)n1. The van der Waals surface area contributed by atoms with Crippen molar-refractivity contribution in [2.24, 2.45) is 0 Å². The van der Waals surface area contributed by atoms with Gasteiger partial charge in [-0.15, -0.1) is 0 Å². The number of nitrogens with one attached hydrogen (secondary N) is 1. The first-order chi connectivity index (χ1) is 9.36. The van der Waals surface area contributed by atoms with Crippen LogP contribution in [0.2, 0.25) is 5.15 Å². The number of hydrogen-bond donors (Lipinski definition) is 1. The van der Waals surface area contributed by atoms with Gasteiger partial charge in [-0.25, -0.2) is 9.97 Å². The summed E-state index contributed by atoms with van der Waals surface area (Å²) in [5, 5.41) is 2.57. The Labute approximate surface area is 118 Å². The summed E-state index contributed by atoms with van der Waals surface area (Å²) >= 11 is 5.58. The van der Waals surface area contributed by atoms with Crippen LogP contribution >= 0.6 is 11.6 Å². The fourth-order valence-electron chi connectivity index (χ4n) is 1.63. The third kappa shape index (κ3) is 3.60. The Hall–Kier alpha value is -1.82. The molecular weight excluding hydrogens is 291 g/mol. The molecule has 20 heavy (non-hydrogen) atoms. The zero-order valence-corrected chi connectivity index (χ0v) is 11.3. The predicted octanol–water partition coefficient (Wildman–Crippen LogP) is 4.07. The molecule has 2 aromatic rings. The lowest BCUT2D eigenvalue weighted by Crippen LogP contribution is -2.13. The van der Waals surface area contributed by atoms with Gasteiger partial charge in [-0.2, -0.15) is 13.2 Å². The smallest absolute Gasteiger partial charge is 0.366 e. The molecule has 0 bridgehead atoms. The van der Waals surface area contributed by atoms with E-state index in [1.807, 2.05) is 31.2 Å². The molecule has 0 saturated carbocycles. The van der Waals surface area contributed by atoms with E-state index in [9.17, 15) is 13.2 Å². The Bertz CT molecular complexity index is 614. The standard InChI is InChI=1S/C13H11ClF3N3/c1-8-4-2-3-5-9(8)7-18-11-6-10(14)19-12(20-11)13(15,16)17/h2-6H,7H2,1H3,(H,18,19,20). The van der Waals surface area contributed by atoms with Crippen molar-refractivity contribution in [3.8, 4) is 0 Å². The molecule has 0 aliphatic rings. The largest absolute Gasteiger partial charge is 0.451 e. The number of aryl methyl sites for hydroxylation is 1. The highest BCUT2D eigenvalue weighted by Gasteiger charge is 2.35. The van der Waals surface area contributed by atoms with Crippen LogP contribution in [0.15, 0.2) is 30.3 Å². The van der Waals surface area contributed by atoms with Crippen molar-refractivity contribution in [3.63, 3.8) is 0 Å². The van der Waals surface area contributed by atoms with Crippen LogP contribution in [0.4, 0.5) is 19.0 Å². The van der Waals surface area contributed by atoms with Gasteiger partial charge >= 0.3 is 6.18 Å². The molecule has 0 atom stereocenters. The van der Waals surface area contributed by atoms with E-state index in [-0.39, 0.29) is 11.0 Å². The lowest BCUT2D eigenvalue weighted by atomic mass is 10.1. The highest BCUT2D eigenvalue weighted by molar-refractivity contribution is 6.29. The second-order valence-electron chi connectivity index (χ2n) is 4.18. The van der Waals surface area contributed by atoms with E-state index >= 15 is 0 Å². The summed E-state index contributed by atoms with van der Waals surface area (Å²) in [4.78, 5) is 6.58. The molecule has 106 valence electrons. The molecule has 0 aliphatic heterocycles. The molecule has 0 aliphatic carbocycles. The molecule has 0 amide bonds. The van der Waals surface area contributed by atoms with E-state index in [1.165, 1.54) is 6.07 Å². The van der Waals surface area contributed by atoms with Crippen molar-refractivity contribution in [1.82, 2.24) is 9.97 Å². The van der Waals surface area contributed by atoms with Crippen LogP contribution in [0.25, 0.3) is 0 Å². The Balaban J connectivity index is 2.18. The highest BCUT2D eigenvalue weighted by atomic mass is 35.5. The minimum atomic E-state index is -4.62. The van der Waals surface area contributed by atoms with Crippen molar-refractivity contribution < 1.29 is 13.2 Å². The number of aromatic nitrogens is 2. The van der Waals surface area contributed by atoms with Crippen LogP contribution in [0.3, 0.4) is 0 Å². The van der Waals surface area contributed by atoms with Gasteiger partial charge in [0.05, 0.1) is 0 Å². The predicted molar refractivity (Wildman–Crippen MR) is 70.5 cm³/mol. The summed E-state index contributed by atoms with van der Waals surface area (Å²) in [6.45, 7) is 2.28. The fourth-order valence-corrected chi connectivity index (χ4v) is 1.81. The van der Waals surface area contributed by atoms with Crippen molar-refractivity contribution in [3.05, 3.63) is 52.4 Å². The van der Waals surface area contributed by atoms with E-state index in [0.717, 1.165) is 11.1 Å². The third-order valence-corrected chi connectivity index (χ3v) is 2.86. The van der Waals surface area contributed by atoms with Gasteiger partial charge in [-0.3, -0.25) is 0 Å². The van der Waals surface area contributed by atoms with Gasteiger partial charge in [-0.05, 0) is 18.1 Å². The second-order valence-corrected chi connectivity index (χ2v) is 4.56. The maximum atomic E-state index is 12.6. The molecule has 1 heterocycles. The Morgan fingerprint density at radius 1 is 1.20 bits per heavy atom. The summed E-state index contributed by atoms with van der Waals surface area (Å²) in [5.41, 5.74) is 2.01. The minimum Gasteiger partial charge on any atom is -0.366 e. The summed E-state index contributed by atoms with van der Waals surface area (Å²) in [6, 6.07) is 8.82. The number of benzene rings is 1. The van der Waals surface area contributed by atoms with Crippen LogP contribution in [0.1, 0.15) is 17.0 Å². The van der Waals surface area contributed by atoms with Crippen LogP contribution in [0.5, 0.6) is 0 Å². The van der Waals surface area contributed by atoms with Gasteiger partial charge in [0, 0.05) is 12.6 Å². The van der Waals surface area contributed by atoms with E-state index in [2.05, 4.69) is 15.3 Å². The number of rotatable bonds is 3. The molecule has 1 aromatic heterocycles. The van der Waals surface area contributed by atoms with Crippen molar-refractivity contribution in [2.45, 2.75) is 19.6 Å². The molecule has 1 aromatic carbocycles. The molecule has 0 spiro atoms. The zero-order valence-electron chi connectivity index (χ0n) is 10.5. The normalized spacial score (nSPS) is 11.4. The fraction of sp³-hybridized carbons (Fsp3) is 0.231. The van der Waals surface area contributed by atoms with Gasteiger partial charge < -0.3 is 5.32 Å². The maximum Gasteiger partial charge on any atom is 0.451 e. The quantitative estimate of drug-likeness (QED) is 0.868. The van der Waals surface area contributed by atoms with E-state index in [4.69, 9.17) is 11.6 Å². The summed E-state index contributed by atoms with van der Waals surface area (Å²) in [5.74, 6) is -1.21. The second kappa shape index (κ2) is 5.66. The first-order valence-electron chi connectivity index (χ1n) is 5.76. The molecule has 2 rings (SSSR count). The number of halogens is 4. The first kappa shape index (κ1) is 14.6. The van der Waals surface area contributed by atoms with E-state index in [0.29, 0.717) is 6.54 Å². The number of alkyl halides is 3. The minimum absolute atomic E-state index is 0.0422. The lowest BCUT2D eigenvalue weighted by molar-refractivity contribution is -0.144.